The minimum absolute atomic E-state index is 0.691. The quantitative estimate of drug-likeness (QED) is 0.911. The third-order valence-corrected chi connectivity index (χ3v) is 3.97. The van der Waals surface area contributed by atoms with Crippen molar-refractivity contribution in [1.29, 1.82) is 0 Å². The molecule has 0 aliphatic carbocycles. The van der Waals surface area contributed by atoms with Crippen molar-refractivity contribution in [1.82, 2.24) is 15.2 Å². The summed E-state index contributed by atoms with van der Waals surface area (Å²) < 4.78 is 5.58. The third-order valence-electron chi connectivity index (χ3n) is 3.97. The minimum atomic E-state index is 0.691. The zero-order chi connectivity index (χ0) is 13.2. The van der Waals surface area contributed by atoms with Gasteiger partial charge in [0, 0.05) is 26.1 Å². The number of fused-ring (bicyclic) bond motifs is 1. The van der Waals surface area contributed by atoms with Gasteiger partial charge in [-0.3, -0.25) is 0 Å². The van der Waals surface area contributed by atoms with Crippen molar-refractivity contribution in [2.45, 2.75) is 25.8 Å². The van der Waals surface area contributed by atoms with Crippen LogP contribution in [0, 0.1) is 6.92 Å². The van der Waals surface area contributed by atoms with E-state index in [2.05, 4.69) is 40.4 Å². The van der Waals surface area contributed by atoms with Crippen molar-refractivity contribution < 1.29 is 4.42 Å². The number of hydrogen-bond donors (Lipinski definition) is 1. The van der Waals surface area contributed by atoms with Crippen LogP contribution in [0.5, 0.6) is 0 Å². The first-order chi connectivity index (χ1) is 9.22. The van der Waals surface area contributed by atoms with Crippen LogP contribution >= 0.6 is 0 Å². The second kappa shape index (κ2) is 5.31. The molecule has 1 aliphatic rings. The zero-order valence-electron chi connectivity index (χ0n) is 11.6. The normalized spacial score (nSPS) is 19.6. The highest BCUT2D eigenvalue weighted by Gasteiger charge is 2.18. The lowest BCUT2D eigenvalue weighted by molar-refractivity contribution is 0.260. The molecule has 0 spiro atoms. The highest BCUT2D eigenvalue weighted by atomic mass is 16.3. The molecule has 1 atom stereocenters. The Hall–Kier alpha value is -1.39. The number of likely N-dealkylation sites (N-methyl/N-ethyl adjacent to an activating group) is 1. The summed E-state index contributed by atoms with van der Waals surface area (Å²) >= 11 is 0. The summed E-state index contributed by atoms with van der Waals surface area (Å²) in [7, 11) is 2.22. The van der Waals surface area contributed by atoms with E-state index in [9.17, 15) is 0 Å². The van der Waals surface area contributed by atoms with Gasteiger partial charge in [-0.15, -0.1) is 0 Å². The van der Waals surface area contributed by atoms with Gasteiger partial charge in [-0.25, -0.2) is 4.98 Å². The Morgan fingerprint density at radius 2 is 2.37 bits per heavy atom. The molecule has 1 aliphatic heterocycles. The molecule has 19 heavy (non-hydrogen) atoms. The number of rotatable bonds is 4. The van der Waals surface area contributed by atoms with Crippen LogP contribution in [0.4, 0.5) is 0 Å². The topological polar surface area (TPSA) is 41.3 Å². The van der Waals surface area contributed by atoms with E-state index < -0.39 is 0 Å². The monoisotopic (exact) mass is 259 g/mol. The molecule has 1 aromatic heterocycles. The molecular weight excluding hydrogens is 238 g/mol. The average molecular weight is 259 g/mol. The predicted octanol–water partition coefficient (Wildman–Crippen LogP) is 1.97. The largest absolute Gasteiger partial charge is 0.441 e. The second-order valence-corrected chi connectivity index (χ2v) is 5.41. The molecule has 0 amide bonds. The molecule has 1 aromatic carbocycles. The van der Waals surface area contributed by atoms with Crippen LogP contribution in [0.3, 0.4) is 0 Å². The van der Waals surface area contributed by atoms with Crippen molar-refractivity contribution in [2.24, 2.45) is 0 Å². The summed E-state index contributed by atoms with van der Waals surface area (Å²) in [6, 6.07) is 7.02. The summed E-state index contributed by atoms with van der Waals surface area (Å²) in [6.45, 7) is 5.25. The second-order valence-electron chi connectivity index (χ2n) is 5.41. The summed E-state index contributed by atoms with van der Waals surface area (Å²) in [4.78, 5) is 6.78. The maximum absolute atomic E-state index is 5.58. The van der Waals surface area contributed by atoms with Gasteiger partial charge in [0.25, 0.3) is 0 Å². The Balaban J connectivity index is 1.64. The van der Waals surface area contributed by atoms with Gasteiger partial charge in [0.1, 0.15) is 5.52 Å². The van der Waals surface area contributed by atoms with E-state index in [1.807, 2.05) is 6.92 Å². The van der Waals surface area contributed by atoms with E-state index in [1.165, 1.54) is 12.0 Å². The van der Waals surface area contributed by atoms with Crippen LogP contribution in [0.25, 0.3) is 11.1 Å². The summed E-state index contributed by atoms with van der Waals surface area (Å²) in [5, 5.41) is 3.41. The molecule has 1 saturated heterocycles. The molecule has 1 N–H and O–H groups in total. The van der Waals surface area contributed by atoms with Gasteiger partial charge in [-0.2, -0.15) is 0 Å². The number of nitrogens with zero attached hydrogens (tertiary/aromatic N) is 2. The molecule has 3 rings (SSSR count). The molecule has 2 aromatic rings. The van der Waals surface area contributed by atoms with E-state index in [1.54, 1.807) is 0 Å². The number of aryl methyl sites for hydroxylation is 1. The maximum Gasteiger partial charge on any atom is 0.192 e. The Labute approximate surface area is 113 Å². The van der Waals surface area contributed by atoms with Crippen LogP contribution in [-0.4, -0.2) is 42.6 Å². The van der Waals surface area contributed by atoms with Crippen molar-refractivity contribution in [3.05, 3.63) is 29.7 Å². The van der Waals surface area contributed by atoms with Crippen molar-refractivity contribution >= 4 is 11.1 Å². The van der Waals surface area contributed by atoms with Gasteiger partial charge in [-0.1, -0.05) is 6.07 Å². The minimum Gasteiger partial charge on any atom is -0.441 e. The predicted molar refractivity (Wildman–Crippen MR) is 76.4 cm³/mol. The fourth-order valence-electron chi connectivity index (χ4n) is 2.74. The van der Waals surface area contributed by atoms with Crippen molar-refractivity contribution in [3.63, 3.8) is 0 Å². The van der Waals surface area contributed by atoms with Gasteiger partial charge in [-0.05, 0) is 44.1 Å². The molecule has 0 radical (unpaired) electrons. The van der Waals surface area contributed by atoms with Crippen LogP contribution in [0.1, 0.15) is 17.9 Å². The van der Waals surface area contributed by atoms with Gasteiger partial charge >= 0.3 is 0 Å². The summed E-state index contributed by atoms with van der Waals surface area (Å²) in [5.74, 6) is 0.737. The Morgan fingerprint density at radius 1 is 1.47 bits per heavy atom. The molecular formula is C15H21N3O. The maximum atomic E-state index is 5.58. The third kappa shape index (κ3) is 2.80. The fraction of sp³-hybridized carbons (Fsp3) is 0.533. The molecule has 4 nitrogen and oxygen atoms in total. The summed E-state index contributed by atoms with van der Waals surface area (Å²) in [6.07, 6.45) is 2.32. The van der Waals surface area contributed by atoms with Gasteiger partial charge in [0.05, 0.1) is 0 Å². The lowest BCUT2D eigenvalue weighted by atomic mass is 10.1. The van der Waals surface area contributed by atoms with E-state index >= 15 is 0 Å². The average Bonchev–Trinajstić information content (AvgIpc) is 3.03. The van der Waals surface area contributed by atoms with Crippen LogP contribution in [0.15, 0.2) is 22.6 Å². The van der Waals surface area contributed by atoms with E-state index in [0.29, 0.717) is 6.04 Å². The highest BCUT2D eigenvalue weighted by molar-refractivity contribution is 5.73. The van der Waals surface area contributed by atoms with E-state index in [-0.39, 0.29) is 0 Å². The standard InChI is InChI=1S/C15H21N3O/c1-11-17-14-4-3-12(9-15(14)19-11)6-8-18(2)13-5-7-16-10-13/h3-4,9,13,16H,5-8,10H2,1-2H3. The lowest BCUT2D eigenvalue weighted by Crippen LogP contribution is -2.34. The number of aromatic nitrogens is 1. The number of benzene rings is 1. The molecule has 4 heteroatoms. The Kier molecular flexibility index (Phi) is 3.53. The van der Waals surface area contributed by atoms with Crippen LogP contribution in [0.2, 0.25) is 0 Å². The van der Waals surface area contributed by atoms with Gasteiger partial charge in [0.15, 0.2) is 11.5 Å². The SMILES string of the molecule is Cc1nc2ccc(CCN(C)C3CCNC3)cc2o1. The van der Waals surface area contributed by atoms with Crippen molar-refractivity contribution in [3.8, 4) is 0 Å². The Morgan fingerprint density at radius 3 is 3.16 bits per heavy atom. The van der Waals surface area contributed by atoms with Crippen molar-refractivity contribution in [2.75, 3.05) is 26.7 Å². The molecule has 0 saturated carbocycles. The highest BCUT2D eigenvalue weighted by Crippen LogP contribution is 2.17. The molecule has 102 valence electrons. The summed E-state index contributed by atoms with van der Waals surface area (Å²) in [5.41, 5.74) is 3.18. The first kappa shape index (κ1) is 12.6. The lowest BCUT2D eigenvalue weighted by Gasteiger charge is -2.23. The Bertz CT molecular complexity index is 558. The molecule has 1 unspecified atom stereocenters. The number of oxazole rings is 1. The van der Waals surface area contributed by atoms with Crippen LogP contribution in [-0.2, 0) is 6.42 Å². The first-order valence-corrected chi connectivity index (χ1v) is 6.99. The number of nitrogens with one attached hydrogen (secondary N) is 1. The zero-order valence-corrected chi connectivity index (χ0v) is 11.6. The van der Waals surface area contributed by atoms with E-state index in [0.717, 1.165) is 43.0 Å². The van der Waals surface area contributed by atoms with E-state index in [4.69, 9.17) is 4.42 Å². The smallest absolute Gasteiger partial charge is 0.192 e. The van der Waals surface area contributed by atoms with Gasteiger partial charge < -0.3 is 14.6 Å². The molecule has 1 fully saturated rings. The fourth-order valence-corrected chi connectivity index (χ4v) is 2.74. The molecule has 0 bridgehead atoms. The van der Waals surface area contributed by atoms with Gasteiger partial charge in [0.2, 0.25) is 0 Å². The molecule has 2 heterocycles. The first-order valence-electron chi connectivity index (χ1n) is 6.99. The number of hydrogen-bond acceptors (Lipinski definition) is 4. The van der Waals surface area contributed by atoms with Crippen LogP contribution < -0.4 is 5.32 Å².